The number of nitrogens with zero attached hydrogens (tertiary/aromatic N) is 2. The first-order valence-electron chi connectivity index (χ1n) is 6.71. The number of hydrogen-bond donors (Lipinski definition) is 0. The fourth-order valence-electron chi connectivity index (χ4n) is 2.26. The van der Waals surface area contributed by atoms with Crippen LogP contribution in [-0.4, -0.2) is 44.0 Å². The molecule has 0 aliphatic carbocycles. The second kappa shape index (κ2) is 5.99. The van der Waals surface area contributed by atoms with Gasteiger partial charge in [-0.3, -0.25) is 9.89 Å². The molecule has 3 rings (SSSR count). The average molecular weight is 258 g/mol. The van der Waals surface area contributed by atoms with Gasteiger partial charge in [-0.1, -0.05) is 12.1 Å². The molecule has 0 radical (unpaired) electrons. The summed E-state index contributed by atoms with van der Waals surface area (Å²) in [7, 11) is 0. The van der Waals surface area contributed by atoms with Crippen molar-refractivity contribution in [3.05, 3.63) is 41.8 Å². The molecular weight excluding hydrogens is 240 g/mol. The van der Waals surface area contributed by atoms with Crippen molar-refractivity contribution in [1.29, 1.82) is 0 Å². The molecule has 1 aromatic rings. The van der Waals surface area contributed by atoms with Gasteiger partial charge in [-0.25, -0.2) is 0 Å². The zero-order valence-corrected chi connectivity index (χ0v) is 10.9. The monoisotopic (exact) mass is 258 g/mol. The second-order valence-electron chi connectivity index (χ2n) is 4.72. The topological polar surface area (TPSA) is 34.1 Å². The summed E-state index contributed by atoms with van der Waals surface area (Å²) in [6.07, 6.45) is 4.54. The Hall–Kier alpha value is -1.65. The van der Waals surface area contributed by atoms with E-state index in [4.69, 9.17) is 9.47 Å². The maximum Gasteiger partial charge on any atom is 0.135 e. The Morgan fingerprint density at radius 3 is 2.89 bits per heavy atom. The summed E-state index contributed by atoms with van der Waals surface area (Å²) in [6, 6.07) is 7.97. The highest BCUT2D eigenvalue weighted by Gasteiger charge is 2.13. The van der Waals surface area contributed by atoms with E-state index in [-0.39, 0.29) is 0 Å². The third-order valence-corrected chi connectivity index (χ3v) is 3.37. The Bertz CT molecular complexity index is 491. The molecule has 0 aromatic heterocycles. The normalized spacial score (nSPS) is 19.3. The minimum Gasteiger partial charge on any atom is -0.459 e. The number of rotatable bonds is 3. The molecule has 0 N–H and O–H groups in total. The lowest BCUT2D eigenvalue weighted by Crippen LogP contribution is -2.37. The largest absolute Gasteiger partial charge is 0.459 e. The Morgan fingerprint density at radius 1 is 1.16 bits per heavy atom. The molecule has 0 spiro atoms. The van der Waals surface area contributed by atoms with Gasteiger partial charge >= 0.3 is 0 Å². The fraction of sp³-hybridized carbons (Fsp3) is 0.400. The van der Waals surface area contributed by atoms with E-state index in [1.165, 1.54) is 0 Å². The number of para-hydroxylation sites is 1. The van der Waals surface area contributed by atoms with Gasteiger partial charge in [0.15, 0.2) is 0 Å². The average Bonchev–Trinajstić information content (AvgIpc) is 2.68. The summed E-state index contributed by atoms with van der Waals surface area (Å²) < 4.78 is 11.3. The van der Waals surface area contributed by atoms with Crippen LogP contribution >= 0.6 is 0 Å². The molecule has 1 saturated heterocycles. The zero-order chi connectivity index (χ0) is 12.9. The lowest BCUT2D eigenvalue weighted by molar-refractivity contribution is 0.0375. The van der Waals surface area contributed by atoms with Crippen LogP contribution in [0.15, 0.2) is 41.2 Å². The minimum atomic E-state index is 0.834. The van der Waals surface area contributed by atoms with Crippen molar-refractivity contribution in [1.82, 2.24) is 4.90 Å². The molecule has 2 aliphatic heterocycles. The molecule has 0 saturated carbocycles. The number of morpholine rings is 1. The first kappa shape index (κ1) is 12.4. The van der Waals surface area contributed by atoms with E-state index in [2.05, 4.69) is 9.89 Å². The van der Waals surface area contributed by atoms with Crippen LogP contribution in [0.4, 0.5) is 0 Å². The van der Waals surface area contributed by atoms with Crippen molar-refractivity contribution in [2.45, 2.75) is 6.42 Å². The Labute approximate surface area is 113 Å². The molecule has 1 aromatic carbocycles. The van der Waals surface area contributed by atoms with E-state index in [9.17, 15) is 0 Å². The molecule has 19 heavy (non-hydrogen) atoms. The summed E-state index contributed by atoms with van der Waals surface area (Å²) in [4.78, 5) is 6.70. The van der Waals surface area contributed by atoms with Crippen molar-refractivity contribution in [3.8, 4) is 5.75 Å². The van der Waals surface area contributed by atoms with Gasteiger partial charge in [-0.05, 0) is 12.1 Å². The second-order valence-corrected chi connectivity index (χ2v) is 4.72. The van der Waals surface area contributed by atoms with Crippen molar-refractivity contribution in [2.24, 2.45) is 4.99 Å². The highest BCUT2D eigenvalue weighted by atomic mass is 16.5. The molecule has 4 heteroatoms. The molecule has 0 bridgehead atoms. The van der Waals surface area contributed by atoms with Crippen molar-refractivity contribution >= 4 is 6.21 Å². The predicted molar refractivity (Wildman–Crippen MR) is 74.6 cm³/mol. The van der Waals surface area contributed by atoms with Crippen LogP contribution in [0.5, 0.6) is 5.75 Å². The van der Waals surface area contributed by atoms with Crippen LogP contribution < -0.4 is 4.74 Å². The lowest BCUT2D eigenvalue weighted by atomic mass is 10.2. The summed E-state index contributed by atoms with van der Waals surface area (Å²) in [5.74, 6) is 1.81. The van der Waals surface area contributed by atoms with E-state index in [0.29, 0.717) is 0 Å². The number of benzene rings is 1. The Kier molecular flexibility index (Phi) is 3.91. The van der Waals surface area contributed by atoms with Crippen LogP contribution in [0.25, 0.3) is 0 Å². The van der Waals surface area contributed by atoms with E-state index in [0.717, 1.165) is 56.3 Å². The van der Waals surface area contributed by atoms with Gasteiger partial charge in [0.25, 0.3) is 0 Å². The standard InChI is InChI=1S/C15H18N2O2/c1-2-4-15-13(3-1)11-16-12-14(19-15)5-6-17-7-9-18-10-8-17/h1-4,11-12H,5-10H2. The van der Waals surface area contributed by atoms with Gasteiger partial charge in [-0.2, -0.15) is 0 Å². The third-order valence-electron chi connectivity index (χ3n) is 3.37. The minimum absolute atomic E-state index is 0.834. The van der Waals surface area contributed by atoms with Gasteiger partial charge < -0.3 is 9.47 Å². The molecule has 2 heterocycles. The lowest BCUT2D eigenvalue weighted by Gasteiger charge is -2.26. The molecule has 4 nitrogen and oxygen atoms in total. The summed E-state index contributed by atoms with van der Waals surface area (Å²) in [5, 5.41) is 0. The Balaban J connectivity index is 1.60. The van der Waals surface area contributed by atoms with Gasteiger partial charge in [-0.15, -0.1) is 0 Å². The van der Waals surface area contributed by atoms with Crippen molar-refractivity contribution in [2.75, 3.05) is 32.8 Å². The molecule has 100 valence electrons. The van der Waals surface area contributed by atoms with Crippen LogP contribution in [-0.2, 0) is 4.74 Å². The maximum absolute atomic E-state index is 5.93. The summed E-state index contributed by atoms with van der Waals surface area (Å²) in [6.45, 7) is 4.68. The zero-order valence-electron chi connectivity index (χ0n) is 10.9. The third kappa shape index (κ3) is 3.22. The first-order valence-corrected chi connectivity index (χ1v) is 6.71. The quantitative estimate of drug-likeness (QED) is 0.832. The molecule has 0 amide bonds. The van der Waals surface area contributed by atoms with E-state index in [1.54, 1.807) is 0 Å². The van der Waals surface area contributed by atoms with Crippen LogP contribution in [0.2, 0.25) is 0 Å². The van der Waals surface area contributed by atoms with E-state index >= 15 is 0 Å². The van der Waals surface area contributed by atoms with Crippen LogP contribution in [0, 0.1) is 0 Å². The highest BCUT2D eigenvalue weighted by Crippen LogP contribution is 2.22. The molecule has 1 fully saturated rings. The number of hydrogen-bond acceptors (Lipinski definition) is 4. The van der Waals surface area contributed by atoms with Gasteiger partial charge in [0.05, 0.1) is 19.4 Å². The highest BCUT2D eigenvalue weighted by molar-refractivity contribution is 5.84. The fourth-order valence-corrected chi connectivity index (χ4v) is 2.26. The van der Waals surface area contributed by atoms with E-state index < -0.39 is 0 Å². The summed E-state index contributed by atoms with van der Waals surface area (Å²) in [5.41, 5.74) is 1.03. The SMILES string of the molecule is C1=NC=C(CCN2CCOCC2)Oc2ccccc21. The van der Waals surface area contributed by atoms with Crippen molar-refractivity contribution in [3.63, 3.8) is 0 Å². The maximum atomic E-state index is 5.93. The first-order chi connectivity index (χ1) is 9.42. The Morgan fingerprint density at radius 2 is 2.00 bits per heavy atom. The number of fused-ring (bicyclic) bond motifs is 1. The number of ether oxygens (including phenoxy) is 2. The van der Waals surface area contributed by atoms with Crippen molar-refractivity contribution < 1.29 is 9.47 Å². The van der Waals surface area contributed by atoms with E-state index in [1.807, 2.05) is 36.7 Å². The van der Waals surface area contributed by atoms with Crippen LogP contribution in [0.1, 0.15) is 12.0 Å². The molecular formula is C15H18N2O2. The van der Waals surface area contributed by atoms with Gasteiger partial charge in [0, 0.05) is 37.8 Å². The molecule has 0 atom stereocenters. The summed E-state index contributed by atoms with van der Waals surface area (Å²) >= 11 is 0. The smallest absolute Gasteiger partial charge is 0.135 e. The van der Waals surface area contributed by atoms with Gasteiger partial charge in [0.2, 0.25) is 0 Å². The predicted octanol–water partition coefficient (Wildman–Crippen LogP) is 2.06. The molecule has 2 aliphatic rings. The van der Waals surface area contributed by atoms with Gasteiger partial charge in [0.1, 0.15) is 11.5 Å². The number of aliphatic imine (C=N–C) groups is 1. The molecule has 0 unspecified atom stereocenters. The van der Waals surface area contributed by atoms with Crippen LogP contribution in [0.3, 0.4) is 0 Å².